The molecule has 0 spiro atoms. The number of ether oxygens (including phenoxy) is 2. The van der Waals surface area contributed by atoms with Crippen LogP contribution in [-0.4, -0.2) is 32.5 Å². The predicted octanol–water partition coefficient (Wildman–Crippen LogP) is 6.64. The molecule has 0 radical (unpaired) electrons. The van der Waals surface area contributed by atoms with Gasteiger partial charge in [-0.25, -0.2) is 14.3 Å². The Morgan fingerprint density at radius 3 is 2.20 bits per heavy atom. The minimum absolute atomic E-state index is 0.0496. The molecular weight excluding hydrogens is 578 g/mol. The summed E-state index contributed by atoms with van der Waals surface area (Å²) in [6, 6.07) is 28.1. The number of aryl methyl sites for hydroxylation is 2. The van der Waals surface area contributed by atoms with Crippen LogP contribution in [-0.2, 0) is 29.0 Å². The molecule has 0 saturated heterocycles. The van der Waals surface area contributed by atoms with Gasteiger partial charge in [0.1, 0.15) is 11.4 Å². The summed E-state index contributed by atoms with van der Waals surface area (Å²) in [5.74, 6) is 0.293. The van der Waals surface area contributed by atoms with E-state index in [0.717, 1.165) is 42.4 Å². The summed E-state index contributed by atoms with van der Waals surface area (Å²) in [4.78, 5) is 39.9. The van der Waals surface area contributed by atoms with E-state index in [1.165, 1.54) is 9.25 Å². The standard InChI is InChI=1S/C38H45N3O5/c1-4-45-36(43)38(2,3)46-32-23-13-15-28(27-32)16-14-25-41-37(44)40(35(42)34(39-41)31-21-11-12-22-31)26-24-33(29-17-7-5-8-18-29)30-19-9-6-10-20-30/h5-10,13,15,17-20,23,27,31,33H,4,11-12,14,16,21-22,24-26H2,1-3H3. The molecule has 1 aliphatic rings. The minimum Gasteiger partial charge on any atom is -0.476 e. The SMILES string of the molecule is CCOC(=O)C(C)(C)Oc1cccc(CCCn2nc(C3CCCC3)c(=O)n(CCC(c3ccccc3)c3ccccc3)c2=O)c1. The van der Waals surface area contributed by atoms with Gasteiger partial charge in [0, 0.05) is 24.9 Å². The zero-order chi connectivity index (χ0) is 32.5. The van der Waals surface area contributed by atoms with E-state index < -0.39 is 11.6 Å². The molecule has 0 unspecified atom stereocenters. The molecule has 46 heavy (non-hydrogen) atoms. The van der Waals surface area contributed by atoms with Crippen LogP contribution in [0.4, 0.5) is 0 Å². The molecule has 8 heteroatoms. The van der Waals surface area contributed by atoms with E-state index in [0.29, 0.717) is 43.8 Å². The van der Waals surface area contributed by atoms with Crippen LogP contribution in [0, 0.1) is 0 Å². The molecule has 242 valence electrons. The quantitative estimate of drug-likeness (QED) is 0.146. The van der Waals surface area contributed by atoms with E-state index in [1.807, 2.05) is 60.7 Å². The van der Waals surface area contributed by atoms with E-state index in [-0.39, 0.29) is 29.7 Å². The number of carbonyl (C=O) groups is 1. The lowest BCUT2D eigenvalue weighted by atomic mass is 9.88. The molecule has 0 bridgehead atoms. The van der Waals surface area contributed by atoms with Gasteiger partial charge >= 0.3 is 11.7 Å². The first kappa shape index (κ1) is 32.9. The van der Waals surface area contributed by atoms with Gasteiger partial charge in [0.2, 0.25) is 0 Å². The first-order valence-corrected chi connectivity index (χ1v) is 16.5. The molecule has 3 aromatic carbocycles. The van der Waals surface area contributed by atoms with E-state index >= 15 is 0 Å². The van der Waals surface area contributed by atoms with Gasteiger partial charge in [0.05, 0.1) is 6.61 Å². The van der Waals surface area contributed by atoms with Crippen LogP contribution in [0.15, 0.2) is 94.5 Å². The van der Waals surface area contributed by atoms with Crippen molar-refractivity contribution in [3.8, 4) is 5.75 Å². The Kier molecular flexibility index (Phi) is 10.9. The first-order valence-electron chi connectivity index (χ1n) is 16.5. The van der Waals surface area contributed by atoms with Gasteiger partial charge in [0.15, 0.2) is 5.60 Å². The summed E-state index contributed by atoms with van der Waals surface area (Å²) in [5.41, 5.74) is 2.12. The Morgan fingerprint density at radius 1 is 0.913 bits per heavy atom. The van der Waals surface area contributed by atoms with Crippen LogP contribution >= 0.6 is 0 Å². The highest BCUT2D eigenvalue weighted by Crippen LogP contribution is 2.32. The average molecular weight is 624 g/mol. The second-order valence-corrected chi connectivity index (χ2v) is 12.6. The van der Waals surface area contributed by atoms with Crippen molar-refractivity contribution in [3.05, 3.63) is 128 Å². The zero-order valence-electron chi connectivity index (χ0n) is 27.2. The number of esters is 1. The summed E-state index contributed by atoms with van der Waals surface area (Å²) in [6.45, 7) is 6.13. The number of rotatable bonds is 14. The van der Waals surface area contributed by atoms with Crippen LogP contribution < -0.4 is 16.0 Å². The molecule has 1 aliphatic carbocycles. The van der Waals surface area contributed by atoms with Crippen molar-refractivity contribution in [1.82, 2.24) is 14.3 Å². The lowest BCUT2D eigenvalue weighted by Crippen LogP contribution is -2.44. The smallest absolute Gasteiger partial charge is 0.349 e. The van der Waals surface area contributed by atoms with E-state index in [4.69, 9.17) is 9.47 Å². The second-order valence-electron chi connectivity index (χ2n) is 12.6. The van der Waals surface area contributed by atoms with Crippen molar-refractivity contribution in [2.45, 2.75) is 96.2 Å². The number of benzene rings is 3. The third-order valence-electron chi connectivity index (χ3n) is 8.81. The Balaban J connectivity index is 1.35. The van der Waals surface area contributed by atoms with Crippen LogP contribution in [0.3, 0.4) is 0 Å². The van der Waals surface area contributed by atoms with Crippen LogP contribution in [0.5, 0.6) is 5.75 Å². The van der Waals surface area contributed by atoms with Crippen molar-refractivity contribution in [3.63, 3.8) is 0 Å². The third-order valence-corrected chi connectivity index (χ3v) is 8.81. The molecule has 1 fully saturated rings. The summed E-state index contributed by atoms with van der Waals surface area (Å²) in [6.07, 6.45) is 5.93. The Bertz CT molecular complexity index is 1670. The second kappa shape index (κ2) is 15.2. The summed E-state index contributed by atoms with van der Waals surface area (Å²) >= 11 is 0. The van der Waals surface area contributed by atoms with Crippen LogP contribution in [0.25, 0.3) is 0 Å². The van der Waals surface area contributed by atoms with Gasteiger partial charge in [-0.15, -0.1) is 0 Å². The lowest BCUT2D eigenvalue weighted by Gasteiger charge is -2.24. The van der Waals surface area contributed by atoms with Crippen molar-refractivity contribution in [1.29, 1.82) is 0 Å². The van der Waals surface area contributed by atoms with Crippen LogP contribution in [0.1, 0.15) is 93.5 Å². The minimum atomic E-state index is -1.11. The summed E-state index contributed by atoms with van der Waals surface area (Å²) in [5, 5.41) is 4.69. The molecule has 0 N–H and O–H groups in total. The van der Waals surface area contributed by atoms with Gasteiger partial charge in [0.25, 0.3) is 5.56 Å². The van der Waals surface area contributed by atoms with E-state index in [1.54, 1.807) is 20.8 Å². The fraction of sp³-hybridized carbons (Fsp3) is 0.421. The predicted molar refractivity (Wildman–Crippen MR) is 179 cm³/mol. The number of aromatic nitrogens is 3. The van der Waals surface area contributed by atoms with E-state index in [2.05, 4.69) is 29.4 Å². The number of hydrogen-bond donors (Lipinski definition) is 0. The summed E-state index contributed by atoms with van der Waals surface area (Å²) < 4.78 is 14.0. The maximum absolute atomic E-state index is 13.8. The van der Waals surface area contributed by atoms with Gasteiger partial charge in [-0.1, -0.05) is 85.6 Å². The fourth-order valence-corrected chi connectivity index (χ4v) is 6.37. The number of nitrogens with zero attached hydrogens (tertiary/aromatic N) is 3. The van der Waals surface area contributed by atoms with Gasteiger partial charge in [-0.2, -0.15) is 5.10 Å². The monoisotopic (exact) mass is 623 g/mol. The zero-order valence-corrected chi connectivity index (χ0v) is 27.2. The normalized spacial score (nSPS) is 13.7. The molecule has 8 nitrogen and oxygen atoms in total. The van der Waals surface area contributed by atoms with Gasteiger partial charge < -0.3 is 9.47 Å². The highest BCUT2D eigenvalue weighted by Gasteiger charge is 2.31. The van der Waals surface area contributed by atoms with Gasteiger partial charge in [-0.05, 0) is 81.7 Å². The Hall–Kier alpha value is -4.46. The Morgan fingerprint density at radius 2 is 1.57 bits per heavy atom. The molecule has 0 atom stereocenters. The van der Waals surface area contributed by atoms with Gasteiger partial charge in [-0.3, -0.25) is 9.36 Å². The molecule has 4 aromatic rings. The highest BCUT2D eigenvalue weighted by molar-refractivity contribution is 5.79. The van der Waals surface area contributed by atoms with Crippen LogP contribution in [0.2, 0.25) is 0 Å². The maximum atomic E-state index is 13.8. The molecular formula is C38H45N3O5. The molecule has 1 saturated carbocycles. The Labute approximate surface area is 271 Å². The van der Waals surface area contributed by atoms with Crippen molar-refractivity contribution in [2.24, 2.45) is 0 Å². The molecule has 0 amide bonds. The van der Waals surface area contributed by atoms with Crippen molar-refractivity contribution in [2.75, 3.05) is 6.61 Å². The number of hydrogen-bond acceptors (Lipinski definition) is 6. The topological polar surface area (TPSA) is 92.4 Å². The largest absolute Gasteiger partial charge is 0.476 e. The maximum Gasteiger partial charge on any atom is 0.349 e. The average Bonchev–Trinajstić information content (AvgIpc) is 3.60. The molecule has 5 rings (SSSR count). The highest BCUT2D eigenvalue weighted by atomic mass is 16.6. The molecule has 1 aromatic heterocycles. The molecule has 1 heterocycles. The molecule has 0 aliphatic heterocycles. The number of carbonyl (C=O) groups excluding carboxylic acids is 1. The van der Waals surface area contributed by atoms with E-state index in [9.17, 15) is 14.4 Å². The summed E-state index contributed by atoms with van der Waals surface area (Å²) in [7, 11) is 0. The van der Waals surface area contributed by atoms with Crippen molar-refractivity contribution < 1.29 is 14.3 Å². The fourth-order valence-electron chi connectivity index (χ4n) is 6.37. The van der Waals surface area contributed by atoms with Crippen molar-refractivity contribution >= 4 is 5.97 Å². The third kappa shape index (κ3) is 8.03. The lowest BCUT2D eigenvalue weighted by molar-refractivity contribution is -0.158. The first-order chi connectivity index (χ1) is 22.3.